The monoisotopic (exact) mass is 475 g/mol. The Kier molecular flexibility index (Phi) is 6.83. The van der Waals surface area contributed by atoms with Crippen molar-refractivity contribution in [2.75, 3.05) is 11.1 Å². The molecule has 1 aromatic carbocycles. The second-order valence-electron chi connectivity index (χ2n) is 6.26. The van der Waals surface area contributed by atoms with E-state index in [1.54, 1.807) is 17.5 Å². The Balaban J connectivity index is 1.35. The van der Waals surface area contributed by atoms with Crippen molar-refractivity contribution in [2.45, 2.75) is 25.0 Å². The minimum Gasteiger partial charge on any atom is -0.302 e. The van der Waals surface area contributed by atoms with Crippen LogP contribution in [-0.2, 0) is 17.8 Å². The van der Waals surface area contributed by atoms with Gasteiger partial charge in [-0.1, -0.05) is 47.6 Å². The van der Waals surface area contributed by atoms with Crippen LogP contribution in [0.5, 0.6) is 0 Å². The van der Waals surface area contributed by atoms with E-state index in [9.17, 15) is 4.79 Å². The smallest absolute Gasteiger partial charge is 0.236 e. The van der Waals surface area contributed by atoms with Crippen molar-refractivity contribution in [3.8, 4) is 10.7 Å². The van der Waals surface area contributed by atoms with Gasteiger partial charge in [0.15, 0.2) is 16.1 Å². The minimum atomic E-state index is -0.123. The van der Waals surface area contributed by atoms with Gasteiger partial charge in [0.1, 0.15) is 0 Å². The highest BCUT2D eigenvalue weighted by molar-refractivity contribution is 7.99. The average Bonchev–Trinajstić information content (AvgIpc) is 3.48. The number of hydrogen-bond donors (Lipinski definition) is 1. The fraction of sp³-hybridized carbons (Fsp3) is 0.200. The first kappa shape index (κ1) is 21.0. The first-order chi connectivity index (χ1) is 14.6. The molecule has 3 heterocycles. The average molecular weight is 476 g/mol. The van der Waals surface area contributed by atoms with Crippen molar-refractivity contribution < 1.29 is 4.79 Å². The summed E-state index contributed by atoms with van der Waals surface area (Å²) in [4.78, 5) is 18.8. The van der Waals surface area contributed by atoms with Gasteiger partial charge in [-0.2, -0.15) is 0 Å². The lowest BCUT2D eigenvalue weighted by atomic mass is 10.1. The summed E-state index contributed by atoms with van der Waals surface area (Å²) in [5.41, 5.74) is 1.04. The first-order valence-corrected chi connectivity index (χ1v) is 12.3. The van der Waals surface area contributed by atoms with E-state index in [2.05, 4.69) is 20.5 Å². The molecule has 0 spiro atoms. The van der Waals surface area contributed by atoms with Crippen molar-refractivity contribution in [2.24, 2.45) is 0 Å². The van der Waals surface area contributed by atoms with Crippen LogP contribution in [0.4, 0.5) is 5.13 Å². The van der Waals surface area contributed by atoms with Gasteiger partial charge in [-0.15, -0.1) is 32.9 Å². The molecule has 0 fully saturated rings. The zero-order chi connectivity index (χ0) is 20.9. The maximum Gasteiger partial charge on any atom is 0.236 e. The molecule has 0 saturated heterocycles. The molecule has 0 saturated carbocycles. The predicted octanol–water partition coefficient (Wildman–Crippen LogP) is 5.46. The number of thiophene rings is 1. The van der Waals surface area contributed by atoms with E-state index >= 15 is 0 Å². The lowest BCUT2D eigenvalue weighted by Crippen LogP contribution is -2.14. The van der Waals surface area contributed by atoms with E-state index in [1.165, 1.54) is 23.1 Å². The van der Waals surface area contributed by atoms with Gasteiger partial charge in [-0.3, -0.25) is 4.79 Å². The number of hydrogen-bond acceptors (Lipinski definition) is 7. The van der Waals surface area contributed by atoms with E-state index in [4.69, 9.17) is 11.6 Å². The van der Waals surface area contributed by atoms with Gasteiger partial charge in [0.2, 0.25) is 5.91 Å². The van der Waals surface area contributed by atoms with Crippen molar-refractivity contribution >= 4 is 57.1 Å². The molecular weight excluding hydrogens is 458 g/mol. The summed E-state index contributed by atoms with van der Waals surface area (Å²) < 4.78 is 2.02. The zero-order valence-corrected chi connectivity index (χ0v) is 19.2. The highest BCUT2D eigenvalue weighted by Gasteiger charge is 2.16. The van der Waals surface area contributed by atoms with Crippen molar-refractivity contribution in [1.29, 1.82) is 0 Å². The topological polar surface area (TPSA) is 72.7 Å². The van der Waals surface area contributed by atoms with Crippen LogP contribution in [0, 0.1) is 0 Å². The molecule has 30 heavy (non-hydrogen) atoms. The van der Waals surface area contributed by atoms with E-state index in [-0.39, 0.29) is 11.7 Å². The maximum atomic E-state index is 12.4. The van der Waals surface area contributed by atoms with Gasteiger partial charge < -0.3 is 9.88 Å². The summed E-state index contributed by atoms with van der Waals surface area (Å²) in [6, 6.07) is 11.7. The molecule has 0 aliphatic carbocycles. The maximum absolute atomic E-state index is 12.4. The Morgan fingerprint density at radius 2 is 2.10 bits per heavy atom. The van der Waals surface area contributed by atoms with Crippen LogP contribution in [0.1, 0.15) is 17.4 Å². The number of carbonyl (C=O) groups is 1. The summed E-state index contributed by atoms with van der Waals surface area (Å²) in [6.07, 6.45) is 2.46. The lowest BCUT2D eigenvalue weighted by Gasteiger charge is -2.06. The number of carbonyl (C=O) groups excluding carboxylic acids is 1. The number of aromatic nitrogens is 4. The molecule has 1 N–H and O–H groups in total. The molecule has 10 heteroatoms. The standard InChI is InChI=1S/C20H18ClN5OS3/c1-2-26-18(16-8-5-9-28-16)24-25-20(26)29-12-17(27)23-19-22-11-14(30-19)10-13-6-3-4-7-15(13)21/h3-9,11H,2,10,12H2,1H3,(H,22,23,27). The van der Waals surface area contributed by atoms with E-state index < -0.39 is 0 Å². The van der Waals surface area contributed by atoms with Crippen molar-refractivity contribution in [1.82, 2.24) is 19.7 Å². The lowest BCUT2D eigenvalue weighted by molar-refractivity contribution is -0.113. The highest BCUT2D eigenvalue weighted by atomic mass is 35.5. The molecule has 0 aliphatic rings. The number of thioether (sulfide) groups is 1. The van der Waals surface area contributed by atoms with Crippen molar-refractivity contribution in [3.63, 3.8) is 0 Å². The number of amides is 1. The molecule has 0 aliphatic heterocycles. The van der Waals surface area contributed by atoms with Gasteiger partial charge >= 0.3 is 0 Å². The number of nitrogens with one attached hydrogen (secondary N) is 1. The number of nitrogens with zero attached hydrogens (tertiary/aromatic N) is 4. The molecule has 4 aromatic rings. The second-order valence-corrected chi connectivity index (χ2v) is 9.68. The molecule has 0 bridgehead atoms. The fourth-order valence-corrected chi connectivity index (χ4v) is 5.40. The fourth-order valence-electron chi connectivity index (χ4n) is 2.83. The Morgan fingerprint density at radius 3 is 2.87 bits per heavy atom. The van der Waals surface area contributed by atoms with E-state index in [0.717, 1.165) is 37.9 Å². The van der Waals surface area contributed by atoms with Gasteiger partial charge in [0.05, 0.1) is 10.6 Å². The molecule has 0 unspecified atom stereocenters. The molecule has 1 amide bonds. The van der Waals surface area contributed by atoms with Crippen LogP contribution in [0.15, 0.2) is 53.1 Å². The quantitative estimate of drug-likeness (QED) is 0.342. The van der Waals surface area contributed by atoms with Gasteiger partial charge in [0.25, 0.3) is 0 Å². The first-order valence-electron chi connectivity index (χ1n) is 9.22. The number of rotatable bonds is 8. The Hall–Kier alpha value is -2.20. The minimum absolute atomic E-state index is 0.123. The summed E-state index contributed by atoms with van der Waals surface area (Å²) >= 11 is 10.7. The number of thiazole rings is 1. The molecule has 3 aromatic heterocycles. The molecule has 0 radical (unpaired) electrons. The van der Waals surface area contributed by atoms with Crippen LogP contribution in [0.25, 0.3) is 10.7 Å². The molecular formula is C20H18ClN5OS3. The summed E-state index contributed by atoms with van der Waals surface area (Å²) in [6.45, 7) is 2.78. The summed E-state index contributed by atoms with van der Waals surface area (Å²) in [5.74, 6) is 0.948. The third kappa shape index (κ3) is 4.92. The number of halogens is 1. The number of benzene rings is 1. The van der Waals surface area contributed by atoms with Gasteiger partial charge in [-0.25, -0.2) is 4.98 Å². The Labute approximate surface area is 191 Å². The van der Waals surface area contributed by atoms with Crippen LogP contribution >= 0.6 is 46.0 Å². The van der Waals surface area contributed by atoms with Gasteiger partial charge in [-0.05, 0) is 30.0 Å². The van der Waals surface area contributed by atoms with Crippen LogP contribution in [0.2, 0.25) is 5.02 Å². The molecule has 0 atom stereocenters. The Morgan fingerprint density at radius 1 is 1.23 bits per heavy atom. The molecule has 154 valence electrons. The Bertz CT molecular complexity index is 1140. The van der Waals surface area contributed by atoms with Crippen LogP contribution < -0.4 is 5.32 Å². The largest absolute Gasteiger partial charge is 0.302 e. The van der Waals surface area contributed by atoms with E-state index in [1.807, 2.05) is 53.3 Å². The van der Waals surface area contributed by atoms with Crippen LogP contribution in [-0.4, -0.2) is 31.4 Å². The normalized spacial score (nSPS) is 11.0. The highest BCUT2D eigenvalue weighted by Crippen LogP contribution is 2.28. The van der Waals surface area contributed by atoms with Gasteiger partial charge in [0, 0.05) is 29.1 Å². The molecule has 4 rings (SSSR count). The summed E-state index contributed by atoms with van der Waals surface area (Å²) in [7, 11) is 0. The third-order valence-corrected chi connectivity index (χ3v) is 7.34. The SMILES string of the molecule is CCn1c(SCC(=O)Nc2ncc(Cc3ccccc3Cl)s2)nnc1-c1cccs1. The predicted molar refractivity (Wildman–Crippen MR) is 125 cm³/mol. The number of anilines is 1. The summed E-state index contributed by atoms with van der Waals surface area (Å²) in [5, 5.41) is 15.5. The molecule has 6 nitrogen and oxygen atoms in total. The van der Waals surface area contributed by atoms with Crippen LogP contribution in [0.3, 0.4) is 0 Å². The zero-order valence-electron chi connectivity index (χ0n) is 16.0. The van der Waals surface area contributed by atoms with E-state index in [0.29, 0.717) is 11.6 Å². The third-order valence-electron chi connectivity index (χ3n) is 4.23. The second kappa shape index (κ2) is 9.74. The van der Waals surface area contributed by atoms with Crippen molar-refractivity contribution in [3.05, 3.63) is 63.4 Å².